The minimum Gasteiger partial charge on any atom is -0.271 e. The lowest BCUT2D eigenvalue weighted by Crippen LogP contribution is -2.26. The molecule has 1 aromatic heterocycles. The number of nitrogens with two attached hydrogens (primary N) is 1. The quantitative estimate of drug-likeness (QED) is 0.537. The first-order valence-corrected chi connectivity index (χ1v) is 4.62. The molecule has 1 unspecified atom stereocenters. The fourth-order valence-electron chi connectivity index (χ4n) is 1.04. The molecule has 1 heterocycles. The molecule has 0 aliphatic rings. The zero-order valence-corrected chi connectivity index (χ0v) is 7.74. The van der Waals surface area contributed by atoms with E-state index in [2.05, 4.69) is 31.4 Å². The first-order chi connectivity index (χ1) is 5.27. The van der Waals surface area contributed by atoms with E-state index in [-0.39, 0.29) is 0 Å². The zero-order chi connectivity index (χ0) is 8.27. The summed E-state index contributed by atoms with van der Waals surface area (Å²) in [6.45, 7) is 4.23. The van der Waals surface area contributed by atoms with Crippen LogP contribution in [0.1, 0.15) is 29.1 Å². The zero-order valence-electron chi connectivity index (χ0n) is 6.92. The molecule has 0 aliphatic heterocycles. The van der Waals surface area contributed by atoms with Crippen LogP contribution in [0, 0.1) is 6.92 Å². The van der Waals surface area contributed by atoms with Crippen molar-refractivity contribution in [1.82, 2.24) is 5.43 Å². The Morgan fingerprint density at radius 1 is 1.64 bits per heavy atom. The van der Waals surface area contributed by atoms with E-state index < -0.39 is 0 Å². The molecule has 62 valence electrons. The topological polar surface area (TPSA) is 38.0 Å². The average molecular weight is 170 g/mol. The number of hydrazine groups is 1. The Balaban J connectivity index is 2.73. The fraction of sp³-hybridized carbons (Fsp3) is 0.500. The van der Waals surface area contributed by atoms with E-state index in [9.17, 15) is 0 Å². The first-order valence-electron chi connectivity index (χ1n) is 3.80. The van der Waals surface area contributed by atoms with Crippen LogP contribution in [0.25, 0.3) is 0 Å². The molecule has 11 heavy (non-hydrogen) atoms. The molecular formula is C8H14N2S. The number of thiophene rings is 1. The molecular weight excluding hydrogens is 156 g/mol. The Kier molecular flexibility index (Phi) is 3.05. The molecule has 0 aliphatic carbocycles. The van der Waals surface area contributed by atoms with Crippen LogP contribution in [0.3, 0.4) is 0 Å². The molecule has 0 bridgehead atoms. The molecule has 0 saturated heterocycles. The molecule has 0 saturated carbocycles. The molecule has 0 spiro atoms. The summed E-state index contributed by atoms with van der Waals surface area (Å²) in [6, 6.07) is 4.59. The summed E-state index contributed by atoms with van der Waals surface area (Å²) in [6.07, 6.45) is 1.04. The highest BCUT2D eigenvalue weighted by Crippen LogP contribution is 2.23. The highest BCUT2D eigenvalue weighted by Gasteiger charge is 2.07. The van der Waals surface area contributed by atoms with Gasteiger partial charge in [-0.05, 0) is 25.5 Å². The van der Waals surface area contributed by atoms with Crippen molar-refractivity contribution >= 4 is 11.3 Å². The van der Waals surface area contributed by atoms with E-state index in [1.165, 1.54) is 9.75 Å². The van der Waals surface area contributed by atoms with Crippen LogP contribution in [-0.2, 0) is 0 Å². The second-order valence-electron chi connectivity index (χ2n) is 2.58. The van der Waals surface area contributed by atoms with E-state index in [1.54, 1.807) is 11.3 Å². The van der Waals surface area contributed by atoms with E-state index in [0.717, 1.165) is 6.42 Å². The second-order valence-corrected chi connectivity index (χ2v) is 3.90. The third kappa shape index (κ3) is 2.02. The number of hydrogen-bond acceptors (Lipinski definition) is 3. The molecule has 0 radical (unpaired) electrons. The lowest BCUT2D eigenvalue weighted by atomic mass is 10.2. The van der Waals surface area contributed by atoms with Gasteiger partial charge in [0.15, 0.2) is 0 Å². The molecule has 0 amide bonds. The van der Waals surface area contributed by atoms with E-state index >= 15 is 0 Å². The molecule has 3 N–H and O–H groups in total. The monoisotopic (exact) mass is 170 g/mol. The van der Waals surface area contributed by atoms with Gasteiger partial charge in [-0.2, -0.15) is 0 Å². The van der Waals surface area contributed by atoms with Gasteiger partial charge in [0.1, 0.15) is 0 Å². The molecule has 3 heteroatoms. The Morgan fingerprint density at radius 2 is 2.36 bits per heavy atom. The molecule has 0 aromatic carbocycles. The maximum Gasteiger partial charge on any atom is 0.0550 e. The SMILES string of the molecule is CCC(NN)c1ccc(C)s1. The predicted octanol–water partition coefficient (Wildman–Crippen LogP) is 1.97. The summed E-state index contributed by atoms with van der Waals surface area (Å²) in [5, 5.41) is 0. The summed E-state index contributed by atoms with van der Waals surface area (Å²) in [4.78, 5) is 2.67. The molecule has 1 rings (SSSR count). The van der Waals surface area contributed by atoms with Gasteiger partial charge in [0.05, 0.1) is 6.04 Å². The van der Waals surface area contributed by atoms with Gasteiger partial charge in [0, 0.05) is 9.75 Å². The smallest absolute Gasteiger partial charge is 0.0550 e. The van der Waals surface area contributed by atoms with Crippen molar-refractivity contribution in [2.75, 3.05) is 0 Å². The van der Waals surface area contributed by atoms with Crippen molar-refractivity contribution in [1.29, 1.82) is 0 Å². The van der Waals surface area contributed by atoms with Crippen LogP contribution in [-0.4, -0.2) is 0 Å². The highest BCUT2D eigenvalue weighted by atomic mass is 32.1. The van der Waals surface area contributed by atoms with E-state index in [1.807, 2.05) is 0 Å². The summed E-state index contributed by atoms with van der Waals surface area (Å²) in [5.41, 5.74) is 2.79. The molecule has 2 nitrogen and oxygen atoms in total. The minimum atomic E-state index is 0.327. The van der Waals surface area contributed by atoms with Crippen molar-refractivity contribution in [2.24, 2.45) is 5.84 Å². The van der Waals surface area contributed by atoms with E-state index in [4.69, 9.17) is 5.84 Å². The third-order valence-electron chi connectivity index (χ3n) is 1.71. The van der Waals surface area contributed by atoms with Crippen LogP contribution in [0.2, 0.25) is 0 Å². The van der Waals surface area contributed by atoms with Gasteiger partial charge in [-0.25, -0.2) is 0 Å². The van der Waals surface area contributed by atoms with Gasteiger partial charge in [0.2, 0.25) is 0 Å². The van der Waals surface area contributed by atoms with Crippen molar-refractivity contribution in [3.63, 3.8) is 0 Å². The van der Waals surface area contributed by atoms with Gasteiger partial charge in [-0.3, -0.25) is 11.3 Å². The number of rotatable bonds is 3. The Hall–Kier alpha value is -0.380. The Morgan fingerprint density at radius 3 is 2.73 bits per heavy atom. The molecule has 1 aromatic rings. The number of hydrogen-bond donors (Lipinski definition) is 2. The molecule has 1 atom stereocenters. The summed E-state index contributed by atoms with van der Waals surface area (Å²) >= 11 is 1.80. The highest BCUT2D eigenvalue weighted by molar-refractivity contribution is 7.12. The van der Waals surface area contributed by atoms with Gasteiger partial charge in [-0.1, -0.05) is 6.92 Å². The van der Waals surface area contributed by atoms with Crippen molar-refractivity contribution in [2.45, 2.75) is 26.3 Å². The normalized spacial score (nSPS) is 13.4. The summed E-state index contributed by atoms with van der Waals surface area (Å²) in [5.74, 6) is 5.38. The Bertz CT molecular complexity index is 216. The average Bonchev–Trinajstić information content (AvgIpc) is 2.39. The standard InChI is InChI=1S/C8H14N2S/c1-3-7(10-9)8-5-4-6(2)11-8/h4-5,7,10H,3,9H2,1-2H3. The number of aryl methyl sites for hydroxylation is 1. The van der Waals surface area contributed by atoms with Gasteiger partial charge in [0.25, 0.3) is 0 Å². The maximum absolute atomic E-state index is 5.38. The minimum absolute atomic E-state index is 0.327. The van der Waals surface area contributed by atoms with Crippen LogP contribution >= 0.6 is 11.3 Å². The van der Waals surface area contributed by atoms with Crippen LogP contribution in [0.15, 0.2) is 12.1 Å². The first kappa shape index (κ1) is 8.71. The van der Waals surface area contributed by atoms with Gasteiger partial charge < -0.3 is 0 Å². The van der Waals surface area contributed by atoms with Gasteiger partial charge in [-0.15, -0.1) is 11.3 Å². The third-order valence-corrected chi connectivity index (χ3v) is 2.83. The van der Waals surface area contributed by atoms with Crippen molar-refractivity contribution in [3.8, 4) is 0 Å². The fourth-order valence-corrected chi connectivity index (χ4v) is 2.06. The van der Waals surface area contributed by atoms with Gasteiger partial charge >= 0.3 is 0 Å². The lowest BCUT2D eigenvalue weighted by molar-refractivity contribution is 0.547. The van der Waals surface area contributed by atoms with Crippen molar-refractivity contribution in [3.05, 3.63) is 21.9 Å². The second kappa shape index (κ2) is 3.85. The van der Waals surface area contributed by atoms with Crippen LogP contribution in [0.4, 0.5) is 0 Å². The molecule has 0 fully saturated rings. The predicted molar refractivity (Wildman–Crippen MR) is 49.4 cm³/mol. The largest absolute Gasteiger partial charge is 0.271 e. The Labute approximate surface area is 71.4 Å². The summed E-state index contributed by atoms with van der Waals surface area (Å²) in [7, 11) is 0. The lowest BCUT2D eigenvalue weighted by Gasteiger charge is -2.09. The van der Waals surface area contributed by atoms with Crippen LogP contribution < -0.4 is 11.3 Å². The number of nitrogens with one attached hydrogen (secondary N) is 1. The summed E-state index contributed by atoms with van der Waals surface area (Å²) < 4.78 is 0. The van der Waals surface area contributed by atoms with Crippen LogP contribution in [0.5, 0.6) is 0 Å². The van der Waals surface area contributed by atoms with E-state index in [0.29, 0.717) is 6.04 Å². The maximum atomic E-state index is 5.38. The van der Waals surface area contributed by atoms with Crippen molar-refractivity contribution < 1.29 is 0 Å².